The second kappa shape index (κ2) is 2.92. The highest BCUT2D eigenvalue weighted by Crippen LogP contribution is 2.45. The molecule has 1 aliphatic heterocycles. The van der Waals surface area contributed by atoms with E-state index < -0.39 is 0 Å². The van der Waals surface area contributed by atoms with Crippen molar-refractivity contribution in [1.29, 1.82) is 0 Å². The maximum Gasteiger partial charge on any atom is 0.173 e. The molecule has 0 amide bonds. The third kappa shape index (κ3) is 1.29. The molecule has 74 valence electrons. The van der Waals surface area contributed by atoms with Gasteiger partial charge < -0.3 is 14.6 Å². The number of fused-ring (bicyclic) bond motifs is 2. The smallest absolute Gasteiger partial charge is 0.173 e. The van der Waals surface area contributed by atoms with Crippen molar-refractivity contribution in [2.75, 3.05) is 0 Å². The van der Waals surface area contributed by atoms with Crippen molar-refractivity contribution in [3.63, 3.8) is 0 Å². The summed E-state index contributed by atoms with van der Waals surface area (Å²) < 4.78 is 11.2. The van der Waals surface area contributed by atoms with Crippen molar-refractivity contribution in [3.05, 3.63) is 42.5 Å². The summed E-state index contributed by atoms with van der Waals surface area (Å²) in [6.45, 7) is 0. The number of phenolic OH excluding ortho intramolecular Hbond substituents is 1. The number of aromatic hydroxyl groups is 1. The Morgan fingerprint density at radius 2 is 1.33 bits per heavy atom. The predicted octanol–water partition coefficient (Wildman–Crippen LogP) is 3.29. The monoisotopic (exact) mass is 200 g/mol. The van der Waals surface area contributed by atoms with Crippen molar-refractivity contribution < 1.29 is 14.6 Å². The summed E-state index contributed by atoms with van der Waals surface area (Å²) in [6.07, 6.45) is 0. The van der Waals surface area contributed by atoms with Gasteiger partial charge >= 0.3 is 0 Å². The van der Waals surface area contributed by atoms with Crippen LogP contribution in [-0.2, 0) is 0 Å². The highest BCUT2D eigenvalue weighted by atomic mass is 16.6. The normalized spacial score (nSPS) is 12.0. The van der Waals surface area contributed by atoms with Gasteiger partial charge in [0.1, 0.15) is 5.75 Å². The molecule has 0 aliphatic carbocycles. The molecular formula is C12H8O3. The zero-order valence-electron chi connectivity index (χ0n) is 7.81. The molecule has 3 rings (SSSR count). The number of ether oxygens (including phenoxy) is 2. The standard InChI is InChI=1S/C12H8O3/c13-8-5-6-11-12(7-8)15-10-4-2-1-3-9(10)14-11/h1-7,13H. The molecule has 0 bridgehead atoms. The average Bonchev–Trinajstić information content (AvgIpc) is 2.26. The molecule has 0 fully saturated rings. The first-order chi connectivity index (χ1) is 7.33. The van der Waals surface area contributed by atoms with Crippen LogP contribution in [0.15, 0.2) is 42.5 Å². The Morgan fingerprint density at radius 1 is 0.733 bits per heavy atom. The lowest BCUT2D eigenvalue weighted by Gasteiger charge is -2.20. The van der Waals surface area contributed by atoms with E-state index in [1.54, 1.807) is 12.1 Å². The molecule has 2 aromatic carbocycles. The fourth-order valence-electron chi connectivity index (χ4n) is 1.52. The molecule has 2 aromatic rings. The van der Waals surface area contributed by atoms with Gasteiger partial charge in [0.25, 0.3) is 0 Å². The summed E-state index contributed by atoms with van der Waals surface area (Å²) in [4.78, 5) is 0. The molecule has 3 heteroatoms. The average molecular weight is 200 g/mol. The zero-order chi connectivity index (χ0) is 10.3. The largest absolute Gasteiger partial charge is 0.508 e. The number of hydrogen-bond donors (Lipinski definition) is 1. The molecule has 1 aliphatic rings. The summed E-state index contributed by atoms with van der Waals surface area (Å²) >= 11 is 0. The minimum atomic E-state index is 0.164. The van der Waals surface area contributed by atoms with Crippen molar-refractivity contribution in [1.82, 2.24) is 0 Å². The van der Waals surface area contributed by atoms with Gasteiger partial charge in [-0.1, -0.05) is 12.1 Å². The first kappa shape index (κ1) is 8.17. The van der Waals surface area contributed by atoms with E-state index in [2.05, 4.69) is 0 Å². The Hall–Kier alpha value is -2.16. The number of rotatable bonds is 0. The first-order valence-electron chi connectivity index (χ1n) is 4.61. The van der Waals surface area contributed by atoms with Gasteiger partial charge in [0.2, 0.25) is 0 Å². The Balaban J connectivity index is 2.11. The fourth-order valence-corrected chi connectivity index (χ4v) is 1.52. The van der Waals surface area contributed by atoms with Crippen molar-refractivity contribution in [2.45, 2.75) is 0 Å². The maximum absolute atomic E-state index is 9.30. The summed E-state index contributed by atoms with van der Waals surface area (Å²) in [5.74, 6) is 2.67. The molecule has 3 nitrogen and oxygen atoms in total. The van der Waals surface area contributed by atoms with E-state index in [1.807, 2.05) is 24.3 Å². The lowest BCUT2D eigenvalue weighted by molar-refractivity contribution is 0.356. The van der Waals surface area contributed by atoms with E-state index >= 15 is 0 Å². The van der Waals surface area contributed by atoms with Gasteiger partial charge in [0.15, 0.2) is 23.0 Å². The van der Waals surface area contributed by atoms with Crippen LogP contribution in [0.1, 0.15) is 0 Å². The van der Waals surface area contributed by atoms with Gasteiger partial charge in [0, 0.05) is 6.07 Å². The summed E-state index contributed by atoms with van der Waals surface area (Å²) in [5.41, 5.74) is 0. The SMILES string of the molecule is Oc1ccc2c(c1)Oc1ccccc1O2. The van der Waals surface area contributed by atoms with Crippen LogP contribution >= 0.6 is 0 Å². The molecule has 0 saturated carbocycles. The number of phenols is 1. The fraction of sp³-hybridized carbons (Fsp3) is 0. The minimum absolute atomic E-state index is 0.164. The van der Waals surface area contributed by atoms with Crippen LogP contribution in [0.2, 0.25) is 0 Å². The van der Waals surface area contributed by atoms with Crippen molar-refractivity contribution in [2.24, 2.45) is 0 Å². The van der Waals surface area contributed by atoms with Crippen LogP contribution in [0, 0.1) is 0 Å². The molecule has 0 atom stereocenters. The molecule has 1 N–H and O–H groups in total. The first-order valence-corrected chi connectivity index (χ1v) is 4.61. The lowest BCUT2D eigenvalue weighted by Crippen LogP contribution is -1.97. The second-order valence-electron chi connectivity index (χ2n) is 3.28. The molecular weight excluding hydrogens is 192 g/mol. The van der Waals surface area contributed by atoms with Crippen LogP contribution in [0.4, 0.5) is 0 Å². The summed E-state index contributed by atoms with van der Waals surface area (Å²) in [6, 6.07) is 12.2. The van der Waals surface area contributed by atoms with Crippen LogP contribution in [0.3, 0.4) is 0 Å². The van der Waals surface area contributed by atoms with Gasteiger partial charge in [-0.2, -0.15) is 0 Å². The van der Waals surface area contributed by atoms with E-state index in [-0.39, 0.29) is 5.75 Å². The van der Waals surface area contributed by atoms with Gasteiger partial charge in [-0.25, -0.2) is 0 Å². The summed E-state index contributed by atoms with van der Waals surface area (Å²) in [7, 11) is 0. The van der Waals surface area contributed by atoms with Gasteiger partial charge in [0.05, 0.1) is 0 Å². The van der Waals surface area contributed by atoms with Crippen LogP contribution in [0.25, 0.3) is 0 Å². The third-order valence-corrected chi connectivity index (χ3v) is 2.22. The Morgan fingerprint density at radius 3 is 2.07 bits per heavy atom. The van der Waals surface area contributed by atoms with Crippen molar-refractivity contribution in [3.8, 4) is 28.7 Å². The molecule has 1 heterocycles. The third-order valence-electron chi connectivity index (χ3n) is 2.22. The maximum atomic E-state index is 9.30. The molecule has 15 heavy (non-hydrogen) atoms. The van der Waals surface area contributed by atoms with Gasteiger partial charge in [-0.05, 0) is 24.3 Å². The quantitative estimate of drug-likeness (QED) is 0.605. The highest BCUT2D eigenvalue weighted by molar-refractivity contribution is 5.55. The van der Waals surface area contributed by atoms with E-state index in [0.717, 1.165) is 0 Å². The van der Waals surface area contributed by atoms with Crippen LogP contribution < -0.4 is 9.47 Å². The molecule has 0 saturated heterocycles. The lowest BCUT2D eigenvalue weighted by atomic mass is 10.2. The summed E-state index contributed by atoms with van der Waals surface area (Å²) in [5, 5.41) is 9.30. The van der Waals surface area contributed by atoms with Gasteiger partial charge in [-0.3, -0.25) is 0 Å². The van der Waals surface area contributed by atoms with E-state index in [1.165, 1.54) is 6.07 Å². The van der Waals surface area contributed by atoms with E-state index in [9.17, 15) is 5.11 Å². The molecule has 0 aromatic heterocycles. The second-order valence-corrected chi connectivity index (χ2v) is 3.28. The molecule has 0 unspecified atom stereocenters. The molecule has 0 radical (unpaired) electrons. The topological polar surface area (TPSA) is 38.7 Å². The minimum Gasteiger partial charge on any atom is -0.508 e. The van der Waals surface area contributed by atoms with Crippen LogP contribution in [-0.4, -0.2) is 5.11 Å². The Bertz CT molecular complexity index is 520. The number of para-hydroxylation sites is 2. The van der Waals surface area contributed by atoms with Crippen molar-refractivity contribution >= 4 is 0 Å². The predicted molar refractivity (Wildman–Crippen MR) is 54.7 cm³/mol. The molecule has 0 spiro atoms. The van der Waals surface area contributed by atoms with Crippen LogP contribution in [0.5, 0.6) is 28.7 Å². The number of benzene rings is 2. The van der Waals surface area contributed by atoms with E-state index in [0.29, 0.717) is 23.0 Å². The zero-order valence-corrected chi connectivity index (χ0v) is 7.81. The van der Waals surface area contributed by atoms with E-state index in [4.69, 9.17) is 9.47 Å². The van der Waals surface area contributed by atoms with Gasteiger partial charge in [-0.15, -0.1) is 0 Å². The Labute approximate surface area is 86.5 Å². The number of hydrogen-bond acceptors (Lipinski definition) is 3. The highest BCUT2D eigenvalue weighted by Gasteiger charge is 2.17. The Kier molecular flexibility index (Phi) is 1.59.